The second kappa shape index (κ2) is 3.86. The van der Waals surface area contributed by atoms with Crippen LogP contribution in [-0.2, 0) is 0 Å². The molecule has 0 spiro atoms. The van der Waals surface area contributed by atoms with Gasteiger partial charge in [0.15, 0.2) is 5.65 Å². The minimum atomic E-state index is 0.429. The van der Waals surface area contributed by atoms with E-state index in [-0.39, 0.29) is 0 Å². The van der Waals surface area contributed by atoms with E-state index in [1.807, 2.05) is 12.1 Å². The Balaban J connectivity index is 2.25. The number of benzene rings is 1. The van der Waals surface area contributed by atoms with Crippen molar-refractivity contribution in [3.8, 4) is 17.3 Å². The van der Waals surface area contributed by atoms with Crippen LogP contribution < -0.4 is 5.73 Å². The van der Waals surface area contributed by atoms with Gasteiger partial charge < -0.3 is 5.73 Å². The van der Waals surface area contributed by atoms with Gasteiger partial charge in [-0.25, -0.2) is 9.50 Å². The fourth-order valence-electron chi connectivity index (χ4n) is 1.83. The molecule has 0 aliphatic carbocycles. The van der Waals surface area contributed by atoms with Crippen molar-refractivity contribution in [3.63, 3.8) is 0 Å². The maximum atomic E-state index is 8.91. The molecule has 0 atom stereocenters. The quantitative estimate of drug-likeness (QED) is 0.698. The van der Waals surface area contributed by atoms with Crippen LogP contribution >= 0.6 is 0 Å². The summed E-state index contributed by atoms with van der Waals surface area (Å²) in [5, 5.41) is 13.1. The average molecular weight is 235 g/mol. The number of hydrogen-bond donors (Lipinski definition) is 1. The van der Waals surface area contributed by atoms with Crippen LogP contribution in [-0.4, -0.2) is 14.6 Å². The number of anilines is 1. The van der Waals surface area contributed by atoms with Gasteiger partial charge in [0.1, 0.15) is 5.82 Å². The first kappa shape index (κ1) is 10.3. The molecule has 0 amide bonds. The molecule has 0 aliphatic heterocycles. The highest BCUT2D eigenvalue weighted by Gasteiger charge is 2.07. The zero-order valence-corrected chi connectivity index (χ0v) is 9.41. The van der Waals surface area contributed by atoms with E-state index < -0.39 is 0 Å². The SMILES string of the molecule is N#Cc1cccc(-c2cnc3ccc(N)nn23)c1. The molecule has 18 heavy (non-hydrogen) atoms. The lowest BCUT2D eigenvalue weighted by Gasteiger charge is -2.02. The molecule has 86 valence electrons. The van der Waals surface area contributed by atoms with Crippen LogP contribution in [0.25, 0.3) is 16.9 Å². The molecule has 0 saturated heterocycles. The van der Waals surface area contributed by atoms with E-state index in [0.717, 1.165) is 16.9 Å². The molecule has 1 aromatic carbocycles. The van der Waals surface area contributed by atoms with Crippen molar-refractivity contribution in [1.29, 1.82) is 5.26 Å². The van der Waals surface area contributed by atoms with E-state index in [2.05, 4.69) is 16.2 Å². The van der Waals surface area contributed by atoms with Crippen LogP contribution in [0.1, 0.15) is 5.56 Å². The number of nitrogens with two attached hydrogens (primary N) is 1. The highest BCUT2D eigenvalue weighted by Crippen LogP contribution is 2.21. The van der Waals surface area contributed by atoms with Crippen LogP contribution in [0.4, 0.5) is 5.82 Å². The Bertz CT molecular complexity index is 766. The molecule has 0 bridgehead atoms. The van der Waals surface area contributed by atoms with E-state index in [1.54, 1.807) is 35.0 Å². The van der Waals surface area contributed by atoms with Gasteiger partial charge >= 0.3 is 0 Å². The van der Waals surface area contributed by atoms with Gasteiger partial charge in [-0.15, -0.1) is 5.10 Å². The summed E-state index contributed by atoms with van der Waals surface area (Å²) < 4.78 is 1.67. The van der Waals surface area contributed by atoms with Gasteiger partial charge in [0.2, 0.25) is 0 Å². The number of hydrogen-bond acceptors (Lipinski definition) is 4. The number of fused-ring (bicyclic) bond motifs is 1. The lowest BCUT2D eigenvalue weighted by molar-refractivity contribution is 0.952. The summed E-state index contributed by atoms with van der Waals surface area (Å²) in [6, 6.07) is 12.9. The molecule has 5 heteroatoms. The van der Waals surface area contributed by atoms with Crippen molar-refractivity contribution >= 4 is 11.5 Å². The summed E-state index contributed by atoms with van der Waals surface area (Å²) in [5.41, 5.74) is 8.70. The third kappa shape index (κ3) is 1.57. The number of nitrogen functional groups attached to an aromatic ring is 1. The van der Waals surface area contributed by atoms with Crippen LogP contribution in [0.5, 0.6) is 0 Å². The van der Waals surface area contributed by atoms with Crippen molar-refractivity contribution < 1.29 is 0 Å². The third-order valence-corrected chi connectivity index (χ3v) is 2.67. The molecule has 2 N–H and O–H groups in total. The summed E-state index contributed by atoms with van der Waals surface area (Å²) in [6.07, 6.45) is 1.72. The van der Waals surface area contributed by atoms with Gasteiger partial charge in [0, 0.05) is 5.56 Å². The van der Waals surface area contributed by atoms with Crippen molar-refractivity contribution in [2.24, 2.45) is 0 Å². The largest absolute Gasteiger partial charge is 0.382 e. The summed E-state index contributed by atoms with van der Waals surface area (Å²) in [7, 11) is 0. The van der Waals surface area contributed by atoms with Gasteiger partial charge in [-0.1, -0.05) is 12.1 Å². The summed E-state index contributed by atoms with van der Waals surface area (Å²) >= 11 is 0. The molecular formula is C13H9N5. The molecule has 3 aromatic rings. The van der Waals surface area contributed by atoms with Crippen LogP contribution in [0.15, 0.2) is 42.6 Å². The number of imidazole rings is 1. The maximum absolute atomic E-state index is 8.91. The fourth-order valence-corrected chi connectivity index (χ4v) is 1.83. The Morgan fingerprint density at radius 1 is 1.22 bits per heavy atom. The third-order valence-electron chi connectivity index (χ3n) is 2.67. The predicted molar refractivity (Wildman–Crippen MR) is 67.6 cm³/mol. The Morgan fingerprint density at radius 3 is 2.94 bits per heavy atom. The van der Waals surface area contributed by atoms with Crippen molar-refractivity contribution in [2.45, 2.75) is 0 Å². The van der Waals surface area contributed by atoms with Crippen molar-refractivity contribution in [3.05, 3.63) is 48.2 Å². The molecule has 2 aromatic heterocycles. The van der Waals surface area contributed by atoms with Crippen LogP contribution in [0.2, 0.25) is 0 Å². The molecule has 0 saturated carbocycles. The smallest absolute Gasteiger partial charge is 0.154 e. The second-order valence-corrected chi connectivity index (χ2v) is 3.86. The number of nitrogens with zero attached hydrogens (tertiary/aromatic N) is 4. The molecule has 3 rings (SSSR count). The first-order valence-electron chi connectivity index (χ1n) is 5.39. The zero-order valence-electron chi connectivity index (χ0n) is 9.41. The van der Waals surface area contributed by atoms with E-state index in [4.69, 9.17) is 11.0 Å². The minimum Gasteiger partial charge on any atom is -0.382 e. The number of nitriles is 1. The summed E-state index contributed by atoms with van der Waals surface area (Å²) in [6.45, 7) is 0. The Hall–Kier alpha value is -2.87. The monoisotopic (exact) mass is 235 g/mol. The van der Waals surface area contributed by atoms with E-state index in [1.165, 1.54) is 0 Å². The van der Waals surface area contributed by atoms with Gasteiger partial charge in [0.05, 0.1) is 23.5 Å². The average Bonchev–Trinajstić information content (AvgIpc) is 2.81. The summed E-state index contributed by atoms with van der Waals surface area (Å²) in [4.78, 5) is 4.25. The molecule has 0 aliphatic rings. The number of rotatable bonds is 1. The predicted octanol–water partition coefficient (Wildman–Crippen LogP) is 1.85. The van der Waals surface area contributed by atoms with Crippen LogP contribution in [0.3, 0.4) is 0 Å². The zero-order chi connectivity index (χ0) is 12.5. The Morgan fingerprint density at radius 2 is 2.11 bits per heavy atom. The lowest BCUT2D eigenvalue weighted by atomic mass is 10.1. The molecular weight excluding hydrogens is 226 g/mol. The van der Waals surface area contributed by atoms with Gasteiger partial charge in [0.25, 0.3) is 0 Å². The molecule has 0 unspecified atom stereocenters. The van der Waals surface area contributed by atoms with Gasteiger partial charge in [-0.3, -0.25) is 0 Å². The molecule has 5 nitrogen and oxygen atoms in total. The molecule has 0 fully saturated rings. The second-order valence-electron chi connectivity index (χ2n) is 3.86. The first-order chi connectivity index (χ1) is 8.78. The Labute approximate surface area is 103 Å². The highest BCUT2D eigenvalue weighted by atomic mass is 15.3. The van der Waals surface area contributed by atoms with Gasteiger partial charge in [-0.2, -0.15) is 5.26 Å². The Kier molecular flexibility index (Phi) is 2.21. The first-order valence-corrected chi connectivity index (χ1v) is 5.39. The van der Waals surface area contributed by atoms with E-state index in [9.17, 15) is 0 Å². The van der Waals surface area contributed by atoms with Crippen molar-refractivity contribution in [1.82, 2.24) is 14.6 Å². The lowest BCUT2D eigenvalue weighted by Crippen LogP contribution is -1.98. The summed E-state index contributed by atoms with van der Waals surface area (Å²) in [5.74, 6) is 0.429. The highest BCUT2D eigenvalue weighted by molar-refractivity contribution is 5.65. The van der Waals surface area contributed by atoms with Gasteiger partial charge in [-0.05, 0) is 24.3 Å². The van der Waals surface area contributed by atoms with E-state index in [0.29, 0.717) is 11.4 Å². The molecule has 2 heterocycles. The van der Waals surface area contributed by atoms with E-state index >= 15 is 0 Å². The standard InChI is InChI=1S/C13H9N5/c14-7-9-2-1-3-10(6-9)11-8-16-13-5-4-12(15)17-18(11)13/h1-6,8H,(H2,15,17). The van der Waals surface area contributed by atoms with Crippen molar-refractivity contribution in [2.75, 3.05) is 5.73 Å². The number of aromatic nitrogens is 3. The topological polar surface area (TPSA) is 80.0 Å². The fraction of sp³-hybridized carbons (Fsp3) is 0. The van der Waals surface area contributed by atoms with Crippen LogP contribution in [0, 0.1) is 11.3 Å². The minimum absolute atomic E-state index is 0.429. The maximum Gasteiger partial charge on any atom is 0.154 e. The normalized spacial score (nSPS) is 10.4. The molecule has 0 radical (unpaired) electrons.